The summed E-state index contributed by atoms with van der Waals surface area (Å²) in [7, 11) is 0. The molecular formula is C36H28O4. The molecule has 4 aromatic rings. The molecule has 4 nitrogen and oxygen atoms in total. The predicted molar refractivity (Wildman–Crippen MR) is 150 cm³/mol. The van der Waals surface area contributed by atoms with Crippen molar-refractivity contribution >= 4 is 11.9 Å². The van der Waals surface area contributed by atoms with Gasteiger partial charge >= 0.3 is 11.9 Å². The van der Waals surface area contributed by atoms with Gasteiger partial charge in [0, 0.05) is 45.6 Å². The Hall–Kier alpha value is -4.18. The van der Waals surface area contributed by atoms with Crippen LogP contribution in [0.1, 0.15) is 70.9 Å². The number of hydrogen-bond acceptors (Lipinski definition) is 4. The molecule has 4 aromatic carbocycles. The van der Waals surface area contributed by atoms with Crippen molar-refractivity contribution in [3.63, 3.8) is 0 Å². The molecular weight excluding hydrogens is 496 g/mol. The van der Waals surface area contributed by atoms with E-state index in [-0.39, 0.29) is 47.4 Å². The molecule has 2 heterocycles. The van der Waals surface area contributed by atoms with Gasteiger partial charge in [-0.1, -0.05) is 98.8 Å². The second kappa shape index (κ2) is 7.31. The van der Waals surface area contributed by atoms with Crippen molar-refractivity contribution in [3.05, 3.63) is 130 Å². The van der Waals surface area contributed by atoms with E-state index in [0.29, 0.717) is 11.5 Å². The van der Waals surface area contributed by atoms with E-state index in [1.807, 2.05) is 36.4 Å². The molecule has 0 N–H and O–H groups in total. The van der Waals surface area contributed by atoms with Crippen LogP contribution in [0.25, 0.3) is 0 Å². The van der Waals surface area contributed by atoms with Crippen molar-refractivity contribution in [2.45, 2.75) is 48.3 Å². The molecule has 12 rings (SSSR count). The minimum atomic E-state index is -0.444. The van der Waals surface area contributed by atoms with E-state index in [0.717, 1.165) is 33.4 Å². The van der Waals surface area contributed by atoms with Gasteiger partial charge in [-0.2, -0.15) is 0 Å². The molecule has 2 aliphatic heterocycles. The normalized spacial score (nSPS) is 35.5. The van der Waals surface area contributed by atoms with E-state index in [1.165, 1.54) is 0 Å². The van der Waals surface area contributed by atoms with Gasteiger partial charge in [0.15, 0.2) is 0 Å². The number of carbonyl (C=O) groups excluding carboxylic acids is 2. The molecule has 0 saturated heterocycles. The van der Waals surface area contributed by atoms with Gasteiger partial charge in [-0.05, 0) is 34.4 Å². The van der Waals surface area contributed by atoms with Crippen LogP contribution in [0.15, 0.2) is 97.1 Å². The molecule has 0 spiro atoms. The second-order valence-electron chi connectivity index (χ2n) is 12.7. The van der Waals surface area contributed by atoms with Crippen LogP contribution in [0, 0.1) is 11.8 Å². The highest BCUT2D eigenvalue weighted by Crippen LogP contribution is 2.73. The Morgan fingerprint density at radius 1 is 0.500 bits per heavy atom. The van der Waals surface area contributed by atoms with Gasteiger partial charge in [-0.15, -0.1) is 0 Å². The molecule has 8 aliphatic rings. The van der Waals surface area contributed by atoms with Gasteiger partial charge in [0.25, 0.3) is 0 Å². The Morgan fingerprint density at radius 3 is 1.30 bits per heavy atom. The van der Waals surface area contributed by atoms with Crippen molar-refractivity contribution in [3.8, 4) is 11.5 Å². The fourth-order valence-corrected chi connectivity index (χ4v) is 9.57. The Morgan fingerprint density at radius 2 is 0.900 bits per heavy atom. The summed E-state index contributed by atoms with van der Waals surface area (Å²) in [5.74, 6) is 0.433. The highest BCUT2D eigenvalue weighted by atomic mass is 16.5. The van der Waals surface area contributed by atoms with E-state index in [1.54, 1.807) is 0 Å². The van der Waals surface area contributed by atoms with Crippen LogP contribution in [0.3, 0.4) is 0 Å². The molecule has 2 unspecified atom stereocenters. The third kappa shape index (κ3) is 2.45. The molecule has 196 valence electrons. The number of esters is 2. The molecule has 2 saturated carbocycles. The highest BCUT2D eigenvalue weighted by molar-refractivity contribution is 5.87. The average Bonchev–Trinajstić information content (AvgIpc) is 2.94. The van der Waals surface area contributed by atoms with Gasteiger partial charge < -0.3 is 9.47 Å². The molecule has 0 amide bonds. The second-order valence-corrected chi connectivity index (χ2v) is 12.7. The van der Waals surface area contributed by atoms with Crippen LogP contribution in [0.5, 0.6) is 11.5 Å². The quantitative estimate of drug-likeness (QED) is 0.215. The summed E-state index contributed by atoms with van der Waals surface area (Å²) in [5, 5.41) is 0. The fraction of sp³-hybridized carbons (Fsp3) is 0.278. The molecule has 8 bridgehead atoms. The summed E-state index contributed by atoms with van der Waals surface area (Å²) >= 11 is 0. The van der Waals surface area contributed by atoms with Crippen LogP contribution in [0.4, 0.5) is 0 Å². The Bertz CT molecular complexity index is 1630. The highest BCUT2D eigenvalue weighted by Gasteiger charge is 2.70. The zero-order valence-corrected chi connectivity index (χ0v) is 22.3. The van der Waals surface area contributed by atoms with Crippen LogP contribution >= 0.6 is 0 Å². The Balaban J connectivity index is 1.33. The lowest BCUT2D eigenvalue weighted by atomic mass is 9.40. The fourth-order valence-electron chi connectivity index (χ4n) is 9.57. The minimum absolute atomic E-state index is 0.0283. The number of rotatable bonds is 2. The predicted octanol–water partition coefficient (Wildman–Crippen LogP) is 6.75. The first-order chi connectivity index (χ1) is 19.4. The maximum Gasteiger partial charge on any atom is 0.315 e. The standard InChI is InChI=1S/C36H28O4/c1-35-23-15-13-22-18-25(23)39-33(37)31(35)27(19-9-5-3-6-10-19)29(35)21-14-16-24-26(17-21)40-34(38)32-28(30(22)36(24,32)2)20-11-7-4-8-12-20/h3-18,27-32H,1-2H3/t27-,28+,29?,30?,31-,32+,35-,36+. The van der Waals surface area contributed by atoms with Crippen molar-refractivity contribution in [1.82, 2.24) is 0 Å². The Labute approximate surface area is 233 Å². The van der Waals surface area contributed by atoms with Crippen molar-refractivity contribution in [1.29, 1.82) is 0 Å². The van der Waals surface area contributed by atoms with Gasteiger partial charge in [0.2, 0.25) is 0 Å². The van der Waals surface area contributed by atoms with Crippen LogP contribution in [-0.4, -0.2) is 11.9 Å². The summed E-state index contributed by atoms with van der Waals surface area (Å²) in [6, 6.07) is 33.6. The zero-order chi connectivity index (χ0) is 27.0. The van der Waals surface area contributed by atoms with Crippen LogP contribution < -0.4 is 9.47 Å². The molecule has 6 aliphatic carbocycles. The zero-order valence-electron chi connectivity index (χ0n) is 22.3. The summed E-state index contributed by atoms with van der Waals surface area (Å²) in [6.45, 7) is 4.43. The SMILES string of the molecule is C[C@@]12c3ccc4cc3OC(=O)[C@@H]1[C@@H](c1ccccc1)C2c1ccc2c(c1)OC(=O)[C@H]1[C@H](c3ccccc3)C4[C@@]21C. The first-order valence-corrected chi connectivity index (χ1v) is 14.2. The van der Waals surface area contributed by atoms with Crippen molar-refractivity contribution in [2.75, 3.05) is 0 Å². The summed E-state index contributed by atoms with van der Waals surface area (Å²) in [6.07, 6.45) is 0. The van der Waals surface area contributed by atoms with Crippen molar-refractivity contribution < 1.29 is 19.1 Å². The Kier molecular flexibility index (Phi) is 4.13. The topological polar surface area (TPSA) is 52.6 Å². The minimum Gasteiger partial charge on any atom is -0.426 e. The number of ether oxygens (including phenoxy) is 2. The molecule has 8 atom stereocenters. The van der Waals surface area contributed by atoms with E-state index in [9.17, 15) is 9.59 Å². The number of carbonyl (C=O) groups is 2. The smallest absolute Gasteiger partial charge is 0.315 e. The van der Waals surface area contributed by atoms with Gasteiger partial charge in [0.1, 0.15) is 11.5 Å². The van der Waals surface area contributed by atoms with E-state index in [4.69, 9.17) is 9.47 Å². The molecule has 40 heavy (non-hydrogen) atoms. The van der Waals surface area contributed by atoms with E-state index in [2.05, 4.69) is 74.5 Å². The van der Waals surface area contributed by atoms with E-state index < -0.39 is 10.8 Å². The van der Waals surface area contributed by atoms with Crippen LogP contribution in [0.2, 0.25) is 0 Å². The molecule has 0 aromatic heterocycles. The van der Waals surface area contributed by atoms with Gasteiger partial charge in [-0.3, -0.25) is 9.59 Å². The molecule has 2 fully saturated rings. The molecule has 0 radical (unpaired) electrons. The molecule has 4 heteroatoms. The maximum atomic E-state index is 13.8. The summed E-state index contributed by atoms with van der Waals surface area (Å²) < 4.78 is 12.4. The average molecular weight is 525 g/mol. The van der Waals surface area contributed by atoms with Crippen LogP contribution in [-0.2, 0) is 20.4 Å². The number of benzene rings is 4. The monoisotopic (exact) mass is 524 g/mol. The van der Waals surface area contributed by atoms with E-state index >= 15 is 0 Å². The van der Waals surface area contributed by atoms with Gasteiger partial charge in [-0.25, -0.2) is 0 Å². The van der Waals surface area contributed by atoms with Crippen molar-refractivity contribution in [2.24, 2.45) is 11.8 Å². The summed E-state index contributed by atoms with van der Waals surface area (Å²) in [4.78, 5) is 27.6. The maximum absolute atomic E-state index is 13.8. The summed E-state index contributed by atoms with van der Waals surface area (Å²) in [5.41, 5.74) is 5.75. The lowest BCUT2D eigenvalue weighted by Gasteiger charge is -2.63. The number of hydrogen-bond donors (Lipinski definition) is 0. The first kappa shape index (κ1) is 22.6. The van der Waals surface area contributed by atoms with Gasteiger partial charge in [0.05, 0.1) is 11.8 Å². The lowest BCUT2D eigenvalue weighted by Crippen LogP contribution is -2.63. The lowest BCUT2D eigenvalue weighted by molar-refractivity contribution is -0.153. The first-order valence-electron chi connectivity index (χ1n) is 14.2. The third-order valence-electron chi connectivity index (χ3n) is 11.2. The third-order valence-corrected chi connectivity index (χ3v) is 11.2. The largest absolute Gasteiger partial charge is 0.426 e.